The molecule has 0 amide bonds. The van der Waals surface area contributed by atoms with Crippen molar-refractivity contribution in [2.75, 3.05) is 10.8 Å². The molecule has 1 atom stereocenters. The molecule has 0 aliphatic carbocycles. The van der Waals surface area contributed by atoms with E-state index < -0.39 is 0 Å². The lowest BCUT2D eigenvalue weighted by Crippen LogP contribution is -2.22. The smallest absolute Gasteiger partial charge is 0.140 e. The second kappa shape index (κ2) is 10.7. The maximum absolute atomic E-state index is 5.94. The van der Waals surface area contributed by atoms with Crippen molar-refractivity contribution in [3.8, 4) is 5.75 Å². The second-order valence-electron chi connectivity index (χ2n) is 8.33. The zero-order valence-electron chi connectivity index (χ0n) is 19.4. The van der Waals surface area contributed by atoms with Crippen molar-refractivity contribution in [1.29, 1.82) is 0 Å². The summed E-state index contributed by atoms with van der Waals surface area (Å²) >= 11 is 1.72. The summed E-state index contributed by atoms with van der Waals surface area (Å²) in [6.07, 6.45) is 3.13. The summed E-state index contributed by atoms with van der Waals surface area (Å²) in [5.74, 6) is 3.69. The van der Waals surface area contributed by atoms with Gasteiger partial charge in [0, 0.05) is 17.6 Å². The van der Waals surface area contributed by atoms with Gasteiger partial charge >= 0.3 is 0 Å². The lowest BCUT2D eigenvalue weighted by Gasteiger charge is -2.25. The van der Waals surface area contributed by atoms with E-state index in [1.165, 1.54) is 5.56 Å². The first kappa shape index (κ1) is 23.2. The van der Waals surface area contributed by atoms with Gasteiger partial charge in [0.25, 0.3) is 0 Å². The molecule has 1 aromatic carbocycles. The Kier molecular flexibility index (Phi) is 8.02. The number of aryl methyl sites for hydroxylation is 2. The lowest BCUT2D eigenvalue weighted by atomic mass is 10.1. The van der Waals surface area contributed by atoms with E-state index in [-0.39, 0.29) is 0 Å². The first-order valence-corrected chi connectivity index (χ1v) is 11.7. The van der Waals surface area contributed by atoms with E-state index in [4.69, 9.17) is 14.2 Å². The van der Waals surface area contributed by atoms with E-state index in [0.29, 0.717) is 18.4 Å². The van der Waals surface area contributed by atoms with Crippen LogP contribution in [0.25, 0.3) is 0 Å². The Morgan fingerprint density at radius 1 is 1.06 bits per heavy atom. The number of ether oxygens (including phenoxy) is 1. The standard InChI is InChI=1S/C25H33N3O2S/c1-7-18(4)15-28(25-13-8-21(14-26-25)17(2)3)31-23-11-9-22(10-12-23)29-16-24-19(5)27-30-20(24)6/h8-14,17-18H,7,15-16H2,1-6H3. The molecule has 5 nitrogen and oxygen atoms in total. The van der Waals surface area contributed by atoms with Gasteiger partial charge in [0.05, 0.1) is 11.3 Å². The highest BCUT2D eigenvalue weighted by atomic mass is 32.2. The highest BCUT2D eigenvalue weighted by Gasteiger charge is 2.15. The number of nitrogens with zero attached hydrogens (tertiary/aromatic N) is 3. The molecule has 0 saturated heterocycles. The summed E-state index contributed by atoms with van der Waals surface area (Å²) in [6, 6.07) is 12.5. The fourth-order valence-corrected chi connectivity index (χ4v) is 4.11. The fraction of sp³-hybridized carbons (Fsp3) is 0.440. The van der Waals surface area contributed by atoms with Gasteiger partial charge in [-0.25, -0.2) is 4.98 Å². The monoisotopic (exact) mass is 439 g/mol. The second-order valence-corrected chi connectivity index (χ2v) is 9.43. The SMILES string of the molecule is CCC(C)CN(Sc1ccc(OCc2c(C)noc2C)cc1)c1ccc(C(C)C)cn1. The van der Waals surface area contributed by atoms with Gasteiger partial charge in [-0.1, -0.05) is 45.3 Å². The molecule has 3 aromatic rings. The first-order chi connectivity index (χ1) is 14.9. The average Bonchev–Trinajstić information content (AvgIpc) is 3.10. The molecule has 0 saturated carbocycles. The van der Waals surface area contributed by atoms with Gasteiger partial charge in [0.2, 0.25) is 0 Å². The summed E-state index contributed by atoms with van der Waals surface area (Å²) < 4.78 is 13.4. The molecule has 2 heterocycles. The van der Waals surface area contributed by atoms with Crippen LogP contribution in [-0.2, 0) is 6.61 Å². The molecule has 0 spiro atoms. The zero-order chi connectivity index (χ0) is 22.4. The number of anilines is 1. The minimum absolute atomic E-state index is 0.458. The van der Waals surface area contributed by atoms with E-state index in [0.717, 1.165) is 46.4 Å². The predicted molar refractivity (Wildman–Crippen MR) is 128 cm³/mol. The van der Waals surface area contributed by atoms with Crippen molar-refractivity contribution >= 4 is 17.8 Å². The molecule has 31 heavy (non-hydrogen) atoms. The minimum Gasteiger partial charge on any atom is -0.489 e. The number of hydrogen-bond acceptors (Lipinski definition) is 6. The lowest BCUT2D eigenvalue weighted by molar-refractivity contribution is 0.301. The number of rotatable bonds is 10. The van der Waals surface area contributed by atoms with Crippen molar-refractivity contribution in [1.82, 2.24) is 10.1 Å². The maximum atomic E-state index is 5.94. The summed E-state index contributed by atoms with van der Waals surface area (Å²) in [5, 5.41) is 3.98. The molecule has 0 aliphatic rings. The van der Waals surface area contributed by atoms with Crippen molar-refractivity contribution in [3.63, 3.8) is 0 Å². The Morgan fingerprint density at radius 2 is 1.81 bits per heavy atom. The Morgan fingerprint density at radius 3 is 2.35 bits per heavy atom. The molecule has 0 bridgehead atoms. The number of benzene rings is 1. The molecular weight excluding hydrogens is 406 g/mol. The van der Waals surface area contributed by atoms with Gasteiger partial charge in [-0.3, -0.25) is 4.31 Å². The highest BCUT2D eigenvalue weighted by molar-refractivity contribution is 8.00. The zero-order valence-corrected chi connectivity index (χ0v) is 20.2. The number of aromatic nitrogens is 2. The highest BCUT2D eigenvalue weighted by Crippen LogP contribution is 2.31. The van der Waals surface area contributed by atoms with E-state index in [1.807, 2.05) is 32.2 Å². The van der Waals surface area contributed by atoms with Crippen LogP contribution in [0.2, 0.25) is 0 Å². The van der Waals surface area contributed by atoms with Crippen LogP contribution in [-0.4, -0.2) is 16.7 Å². The van der Waals surface area contributed by atoms with Crippen LogP contribution in [0.3, 0.4) is 0 Å². The molecular formula is C25H33N3O2S. The third-order valence-electron chi connectivity index (χ3n) is 5.47. The molecule has 3 rings (SSSR count). The Labute approximate surface area is 190 Å². The summed E-state index contributed by atoms with van der Waals surface area (Å²) in [7, 11) is 0. The molecule has 2 aromatic heterocycles. The largest absolute Gasteiger partial charge is 0.489 e. The normalized spacial score (nSPS) is 12.2. The van der Waals surface area contributed by atoms with E-state index >= 15 is 0 Å². The van der Waals surface area contributed by atoms with Gasteiger partial charge in [-0.2, -0.15) is 0 Å². The Balaban J connectivity index is 1.68. The van der Waals surface area contributed by atoms with Gasteiger partial charge in [-0.05, 0) is 73.5 Å². The summed E-state index contributed by atoms with van der Waals surface area (Å²) in [4.78, 5) is 5.90. The van der Waals surface area contributed by atoms with Crippen molar-refractivity contribution < 1.29 is 9.26 Å². The number of pyridine rings is 1. The van der Waals surface area contributed by atoms with Crippen LogP contribution in [0.15, 0.2) is 52.0 Å². The quantitative estimate of drug-likeness (QED) is 0.319. The van der Waals surface area contributed by atoms with Gasteiger partial charge in [-0.15, -0.1) is 0 Å². The maximum Gasteiger partial charge on any atom is 0.140 e. The predicted octanol–water partition coefficient (Wildman–Crippen LogP) is 6.95. The molecule has 0 fully saturated rings. The molecule has 0 aliphatic heterocycles. The van der Waals surface area contributed by atoms with E-state index in [1.54, 1.807) is 11.9 Å². The van der Waals surface area contributed by atoms with Crippen LogP contribution in [0.1, 0.15) is 62.6 Å². The van der Waals surface area contributed by atoms with Crippen LogP contribution in [0.5, 0.6) is 5.75 Å². The summed E-state index contributed by atoms with van der Waals surface area (Å²) in [5.41, 5.74) is 3.15. The van der Waals surface area contributed by atoms with Crippen LogP contribution in [0, 0.1) is 19.8 Å². The number of hydrogen-bond donors (Lipinski definition) is 0. The van der Waals surface area contributed by atoms with E-state index in [9.17, 15) is 0 Å². The van der Waals surface area contributed by atoms with Crippen LogP contribution in [0.4, 0.5) is 5.82 Å². The minimum atomic E-state index is 0.458. The average molecular weight is 440 g/mol. The van der Waals surface area contributed by atoms with Gasteiger partial charge < -0.3 is 9.26 Å². The third-order valence-corrected chi connectivity index (χ3v) is 6.51. The first-order valence-electron chi connectivity index (χ1n) is 10.9. The topological polar surface area (TPSA) is 51.4 Å². The molecule has 0 radical (unpaired) electrons. The van der Waals surface area contributed by atoms with Crippen LogP contribution < -0.4 is 9.04 Å². The molecule has 6 heteroatoms. The van der Waals surface area contributed by atoms with Crippen molar-refractivity contribution in [3.05, 3.63) is 65.2 Å². The van der Waals surface area contributed by atoms with Gasteiger partial charge in [0.15, 0.2) is 0 Å². The molecule has 0 N–H and O–H groups in total. The van der Waals surface area contributed by atoms with E-state index in [2.05, 4.69) is 61.4 Å². The van der Waals surface area contributed by atoms with Crippen molar-refractivity contribution in [2.24, 2.45) is 5.92 Å². The Hall–Kier alpha value is -2.47. The summed E-state index contributed by atoms with van der Waals surface area (Å²) in [6.45, 7) is 14.1. The fourth-order valence-electron chi connectivity index (χ4n) is 3.06. The van der Waals surface area contributed by atoms with Crippen LogP contribution >= 0.6 is 11.9 Å². The molecule has 1 unspecified atom stereocenters. The van der Waals surface area contributed by atoms with Gasteiger partial charge in [0.1, 0.15) is 23.9 Å². The Bertz CT molecular complexity index is 932. The van der Waals surface area contributed by atoms with Crippen molar-refractivity contribution in [2.45, 2.75) is 65.4 Å². The third kappa shape index (κ3) is 6.26. The molecule has 166 valence electrons.